The summed E-state index contributed by atoms with van der Waals surface area (Å²) < 4.78 is 4.64. The molecule has 2 rings (SSSR count). The van der Waals surface area contributed by atoms with Crippen LogP contribution in [0.3, 0.4) is 0 Å². The molecule has 2 aromatic rings. The van der Waals surface area contributed by atoms with Crippen molar-refractivity contribution >= 4 is 17.7 Å². The number of carbonyl (C=O) groups excluding carboxylic acids is 1. The van der Waals surface area contributed by atoms with E-state index in [4.69, 9.17) is 5.26 Å². The van der Waals surface area contributed by atoms with Crippen molar-refractivity contribution in [2.24, 2.45) is 0 Å². The Labute approximate surface area is 131 Å². The Morgan fingerprint density at radius 3 is 2.68 bits per heavy atom. The van der Waals surface area contributed by atoms with Crippen LogP contribution in [0.15, 0.2) is 40.3 Å². The second kappa shape index (κ2) is 6.91. The van der Waals surface area contributed by atoms with Crippen molar-refractivity contribution in [1.82, 2.24) is 9.97 Å². The van der Waals surface area contributed by atoms with Crippen LogP contribution in [0.25, 0.3) is 11.3 Å². The summed E-state index contributed by atoms with van der Waals surface area (Å²) >= 11 is 1.07. The van der Waals surface area contributed by atoms with Gasteiger partial charge < -0.3 is 9.72 Å². The minimum absolute atomic E-state index is 0.0544. The van der Waals surface area contributed by atoms with E-state index >= 15 is 0 Å². The molecule has 22 heavy (non-hydrogen) atoms. The van der Waals surface area contributed by atoms with Crippen LogP contribution in [0, 0.1) is 11.3 Å². The van der Waals surface area contributed by atoms with Crippen molar-refractivity contribution in [2.75, 3.05) is 7.11 Å². The van der Waals surface area contributed by atoms with Gasteiger partial charge in [0.05, 0.1) is 12.8 Å². The molecule has 6 nitrogen and oxygen atoms in total. The third-order valence-electron chi connectivity index (χ3n) is 2.88. The van der Waals surface area contributed by atoms with E-state index in [-0.39, 0.29) is 10.7 Å². The van der Waals surface area contributed by atoms with E-state index in [0.29, 0.717) is 11.3 Å². The first-order valence-electron chi connectivity index (χ1n) is 6.41. The van der Waals surface area contributed by atoms with Crippen molar-refractivity contribution in [3.05, 3.63) is 46.2 Å². The number of aromatic amines is 1. The van der Waals surface area contributed by atoms with Gasteiger partial charge in [-0.15, -0.1) is 0 Å². The highest BCUT2D eigenvalue weighted by Gasteiger charge is 2.19. The number of H-pyrrole nitrogens is 1. The lowest BCUT2D eigenvalue weighted by molar-refractivity contribution is -0.139. The molecule has 0 aliphatic rings. The second-order valence-electron chi connectivity index (χ2n) is 4.36. The molecular formula is C15H13N3O3S. The predicted molar refractivity (Wildman–Crippen MR) is 82.3 cm³/mol. The summed E-state index contributed by atoms with van der Waals surface area (Å²) in [5.41, 5.74) is 0.376. The van der Waals surface area contributed by atoms with Crippen LogP contribution in [0.5, 0.6) is 0 Å². The van der Waals surface area contributed by atoms with Crippen LogP contribution in [-0.2, 0) is 9.53 Å². The van der Waals surface area contributed by atoms with E-state index in [1.165, 1.54) is 7.11 Å². The lowest BCUT2D eigenvalue weighted by Gasteiger charge is -2.09. The van der Waals surface area contributed by atoms with Gasteiger partial charge in [0.2, 0.25) is 0 Å². The number of ether oxygens (including phenoxy) is 1. The van der Waals surface area contributed by atoms with Crippen LogP contribution >= 0.6 is 11.8 Å². The zero-order valence-electron chi connectivity index (χ0n) is 12.0. The van der Waals surface area contributed by atoms with Gasteiger partial charge >= 0.3 is 5.97 Å². The first kappa shape index (κ1) is 15.8. The molecule has 0 saturated carbocycles. The van der Waals surface area contributed by atoms with Gasteiger partial charge in [0.1, 0.15) is 16.9 Å². The number of aromatic nitrogens is 2. The van der Waals surface area contributed by atoms with Gasteiger partial charge in [-0.2, -0.15) is 5.26 Å². The lowest BCUT2D eigenvalue weighted by Crippen LogP contribution is -2.19. The van der Waals surface area contributed by atoms with Crippen molar-refractivity contribution in [3.8, 4) is 17.3 Å². The topological polar surface area (TPSA) is 95.8 Å². The van der Waals surface area contributed by atoms with Gasteiger partial charge in [0.25, 0.3) is 5.56 Å². The number of nitrogens with zero attached hydrogens (tertiary/aromatic N) is 2. The van der Waals surface area contributed by atoms with Crippen molar-refractivity contribution in [1.29, 1.82) is 5.26 Å². The van der Waals surface area contributed by atoms with Gasteiger partial charge in [-0.1, -0.05) is 42.1 Å². The maximum Gasteiger partial charge on any atom is 0.318 e. The largest absolute Gasteiger partial charge is 0.468 e. The molecule has 0 aliphatic carbocycles. The number of hydrogen-bond donors (Lipinski definition) is 1. The molecule has 1 heterocycles. The average molecular weight is 315 g/mol. The van der Waals surface area contributed by atoms with E-state index in [1.54, 1.807) is 31.2 Å². The molecule has 1 atom stereocenters. The summed E-state index contributed by atoms with van der Waals surface area (Å²) in [6.07, 6.45) is 0. The second-order valence-corrected chi connectivity index (χ2v) is 5.69. The van der Waals surface area contributed by atoms with E-state index in [2.05, 4.69) is 14.7 Å². The van der Waals surface area contributed by atoms with Gasteiger partial charge in [-0.3, -0.25) is 9.59 Å². The van der Waals surface area contributed by atoms with Crippen LogP contribution < -0.4 is 5.56 Å². The number of benzene rings is 1. The van der Waals surface area contributed by atoms with Gasteiger partial charge in [0.15, 0.2) is 5.16 Å². The average Bonchev–Trinajstić information content (AvgIpc) is 2.54. The summed E-state index contributed by atoms with van der Waals surface area (Å²) in [6, 6.07) is 10.8. The molecule has 112 valence electrons. The van der Waals surface area contributed by atoms with Gasteiger partial charge in [-0.05, 0) is 6.92 Å². The van der Waals surface area contributed by atoms with E-state index in [0.717, 1.165) is 11.8 Å². The summed E-state index contributed by atoms with van der Waals surface area (Å²) in [6.45, 7) is 1.65. The number of methoxy groups -OCH3 is 1. The Hall–Kier alpha value is -2.59. The summed E-state index contributed by atoms with van der Waals surface area (Å²) in [5, 5.41) is 8.91. The molecular weight excluding hydrogens is 302 g/mol. The minimum Gasteiger partial charge on any atom is -0.468 e. The molecule has 0 amide bonds. The van der Waals surface area contributed by atoms with Crippen molar-refractivity contribution < 1.29 is 9.53 Å². The third kappa shape index (κ3) is 3.35. The Balaban J connectivity index is 2.48. The molecule has 0 bridgehead atoms. The molecule has 0 aliphatic heterocycles. The predicted octanol–water partition coefficient (Wildman–Crippen LogP) is 1.96. The van der Waals surface area contributed by atoms with Crippen molar-refractivity contribution in [2.45, 2.75) is 17.3 Å². The fraction of sp³-hybridized carbons (Fsp3) is 0.200. The van der Waals surface area contributed by atoms with Crippen LogP contribution in [0.2, 0.25) is 0 Å². The molecule has 0 fully saturated rings. The van der Waals surface area contributed by atoms with Crippen LogP contribution in [0.1, 0.15) is 12.5 Å². The fourth-order valence-electron chi connectivity index (χ4n) is 1.80. The number of rotatable bonds is 4. The van der Waals surface area contributed by atoms with Crippen LogP contribution in [-0.4, -0.2) is 28.3 Å². The smallest absolute Gasteiger partial charge is 0.318 e. The van der Waals surface area contributed by atoms with Crippen LogP contribution in [0.4, 0.5) is 0 Å². The number of nitrogens with one attached hydrogen (secondary N) is 1. The molecule has 1 aromatic heterocycles. The highest BCUT2D eigenvalue weighted by molar-refractivity contribution is 8.00. The third-order valence-corrected chi connectivity index (χ3v) is 3.84. The molecule has 1 aromatic carbocycles. The number of nitriles is 1. The molecule has 1 N–H and O–H groups in total. The summed E-state index contributed by atoms with van der Waals surface area (Å²) in [5.74, 6) is -0.418. The first-order valence-corrected chi connectivity index (χ1v) is 7.29. The fourth-order valence-corrected chi connectivity index (χ4v) is 2.62. The van der Waals surface area contributed by atoms with Gasteiger partial charge in [0, 0.05) is 5.56 Å². The standard InChI is InChI=1S/C15H13N3O3S/c1-9(14(20)21-2)22-15-17-12(10-6-4-3-5-7-10)11(8-16)13(19)18-15/h3-7,9H,1-2H3,(H,17,18,19)/t9-/m0/s1. The Kier molecular flexibility index (Phi) is 4.96. The van der Waals surface area contributed by atoms with Gasteiger partial charge in [-0.25, -0.2) is 4.98 Å². The van der Waals surface area contributed by atoms with E-state index in [9.17, 15) is 9.59 Å². The SMILES string of the molecule is COC(=O)[C@H](C)Sc1nc(-c2ccccc2)c(C#N)c(=O)[nH]1. The molecule has 0 spiro atoms. The molecule has 0 saturated heterocycles. The quantitative estimate of drug-likeness (QED) is 0.526. The van der Waals surface area contributed by atoms with E-state index in [1.807, 2.05) is 12.1 Å². The highest BCUT2D eigenvalue weighted by Crippen LogP contribution is 2.24. The van der Waals surface area contributed by atoms with Crippen molar-refractivity contribution in [3.63, 3.8) is 0 Å². The first-order chi connectivity index (χ1) is 10.6. The Bertz CT molecular complexity index is 781. The minimum atomic E-state index is -0.532. The maximum absolute atomic E-state index is 12.0. The Morgan fingerprint density at radius 2 is 2.09 bits per heavy atom. The molecule has 0 unspecified atom stereocenters. The zero-order valence-corrected chi connectivity index (χ0v) is 12.8. The maximum atomic E-state index is 12.0. The number of hydrogen-bond acceptors (Lipinski definition) is 6. The highest BCUT2D eigenvalue weighted by atomic mass is 32.2. The lowest BCUT2D eigenvalue weighted by atomic mass is 10.1. The number of esters is 1. The number of carbonyl (C=O) groups is 1. The Morgan fingerprint density at radius 1 is 1.41 bits per heavy atom. The van der Waals surface area contributed by atoms with E-state index < -0.39 is 16.8 Å². The molecule has 0 radical (unpaired) electrons. The normalized spacial score (nSPS) is 11.5. The summed E-state index contributed by atoms with van der Waals surface area (Å²) in [7, 11) is 1.30. The monoisotopic (exact) mass is 315 g/mol. The molecule has 7 heteroatoms. The summed E-state index contributed by atoms with van der Waals surface area (Å²) in [4.78, 5) is 30.3. The zero-order chi connectivity index (χ0) is 16.1. The number of thioether (sulfide) groups is 1.